The molecule has 9 N–H and O–H groups in total. The van der Waals surface area contributed by atoms with Crippen molar-refractivity contribution in [2.75, 3.05) is 0 Å². The van der Waals surface area contributed by atoms with Gasteiger partial charge in [-0.05, 0) is 29.7 Å². The Morgan fingerprint density at radius 2 is 1.44 bits per heavy atom. The number of hydrazine groups is 2. The largest absolute Gasteiger partial charge is 0.508 e. The summed E-state index contributed by atoms with van der Waals surface area (Å²) in [4.78, 5) is 48.7. The molecule has 2 atom stereocenters. The van der Waals surface area contributed by atoms with Gasteiger partial charge in [0.2, 0.25) is 5.91 Å². The molecule has 2 aromatic rings. The highest BCUT2D eigenvalue weighted by Gasteiger charge is 2.24. The second-order valence-electron chi connectivity index (χ2n) is 7.31. The topological polar surface area (TPSA) is 198 Å². The number of alkyl carbamates (subject to hydrolysis) is 1. The van der Waals surface area contributed by atoms with Crippen LogP contribution in [0.3, 0.4) is 0 Å². The Balaban J connectivity index is 1.91. The van der Waals surface area contributed by atoms with Gasteiger partial charge in [-0.15, -0.1) is 0 Å². The molecule has 4 amide bonds. The average molecular weight is 473 g/mol. The van der Waals surface area contributed by atoms with E-state index in [1.165, 1.54) is 12.1 Å². The first-order chi connectivity index (χ1) is 16.3. The molecule has 0 aromatic heterocycles. The average Bonchev–Trinajstić information content (AvgIpc) is 2.85. The van der Waals surface area contributed by atoms with Crippen molar-refractivity contribution >= 4 is 23.8 Å². The molecule has 0 radical (unpaired) electrons. The number of nitrogens with two attached hydrogens (primary N) is 2. The third kappa shape index (κ3) is 8.76. The lowest BCUT2D eigenvalue weighted by Gasteiger charge is -2.19. The molecule has 0 fully saturated rings. The molecule has 2 rings (SSSR count). The number of hydrogen-bond donors (Lipinski definition) is 7. The molecule has 0 saturated carbocycles. The summed E-state index contributed by atoms with van der Waals surface area (Å²) in [5.74, 6) is 8.56. The quantitative estimate of drug-likeness (QED) is 0.129. The molecule has 0 aliphatic carbocycles. The van der Waals surface area contributed by atoms with Crippen LogP contribution < -0.4 is 33.2 Å². The van der Waals surface area contributed by atoms with Gasteiger partial charge in [-0.1, -0.05) is 42.5 Å². The van der Waals surface area contributed by atoms with Crippen LogP contribution in [0.25, 0.3) is 0 Å². The molecule has 0 aliphatic rings. The van der Waals surface area contributed by atoms with Crippen molar-refractivity contribution in [1.29, 1.82) is 0 Å². The molecule has 2 aromatic carbocycles. The van der Waals surface area contributed by atoms with Crippen LogP contribution in [0.1, 0.15) is 24.0 Å². The molecule has 0 heterocycles. The van der Waals surface area contributed by atoms with E-state index in [0.29, 0.717) is 5.56 Å². The van der Waals surface area contributed by atoms with Crippen LogP contribution >= 0.6 is 0 Å². The second-order valence-corrected chi connectivity index (χ2v) is 7.31. The molecule has 2 unspecified atom stereocenters. The zero-order valence-corrected chi connectivity index (χ0v) is 18.3. The van der Waals surface area contributed by atoms with Crippen LogP contribution in [0.15, 0.2) is 54.6 Å². The van der Waals surface area contributed by atoms with Crippen molar-refractivity contribution in [2.24, 2.45) is 11.7 Å². The van der Waals surface area contributed by atoms with Crippen LogP contribution in [-0.4, -0.2) is 41.0 Å². The number of rotatable bonds is 11. The summed E-state index contributed by atoms with van der Waals surface area (Å²) in [7, 11) is 0. The number of aromatic hydroxyl groups is 1. The maximum absolute atomic E-state index is 12.5. The Kier molecular flexibility index (Phi) is 10.3. The number of ether oxygens (including phenoxy) is 1. The molecule has 34 heavy (non-hydrogen) atoms. The lowest BCUT2D eigenvalue weighted by Crippen LogP contribution is -2.51. The highest BCUT2D eigenvalue weighted by atomic mass is 16.5. The minimum absolute atomic E-state index is 0.00271. The Morgan fingerprint density at radius 1 is 0.824 bits per heavy atom. The van der Waals surface area contributed by atoms with E-state index in [-0.39, 0.29) is 31.6 Å². The predicted molar refractivity (Wildman–Crippen MR) is 121 cm³/mol. The van der Waals surface area contributed by atoms with E-state index in [9.17, 15) is 24.3 Å². The Morgan fingerprint density at radius 3 is 2.06 bits per heavy atom. The van der Waals surface area contributed by atoms with Gasteiger partial charge in [0.25, 0.3) is 11.8 Å². The maximum atomic E-state index is 12.5. The minimum atomic E-state index is -1.14. The molecule has 12 heteroatoms. The number of carbonyl (C=O) groups excluding carboxylic acids is 4. The number of carbonyl (C=O) groups is 4. The summed E-state index contributed by atoms with van der Waals surface area (Å²) >= 11 is 0. The number of nitrogens with one attached hydrogen (secondary N) is 4. The van der Waals surface area contributed by atoms with E-state index >= 15 is 0 Å². The molecule has 0 spiro atoms. The molecule has 0 aliphatic heterocycles. The fourth-order valence-corrected chi connectivity index (χ4v) is 3.00. The smallest absolute Gasteiger partial charge is 0.408 e. The minimum Gasteiger partial charge on any atom is -0.508 e. The van der Waals surface area contributed by atoms with Gasteiger partial charge in [-0.3, -0.25) is 25.2 Å². The molecule has 0 bridgehead atoms. The predicted octanol–water partition coefficient (Wildman–Crippen LogP) is -0.525. The van der Waals surface area contributed by atoms with E-state index in [2.05, 4.69) is 10.6 Å². The van der Waals surface area contributed by atoms with Crippen LogP contribution in [0.4, 0.5) is 4.79 Å². The van der Waals surface area contributed by atoms with Gasteiger partial charge in [0.1, 0.15) is 24.4 Å². The first-order valence-corrected chi connectivity index (χ1v) is 10.4. The molecule has 12 nitrogen and oxygen atoms in total. The summed E-state index contributed by atoms with van der Waals surface area (Å²) in [6.45, 7) is -0.00271. The zero-order chi connectivity index (χ0) is 24.9. The highest BCUT2D eigenvalue weighted by molar-refractivity contribution is 5.89. The van der Waals surface area contributed by atoms with Gasteiger partial charge in [-0.25, -0.2) is 16.5 Å². The number of benzene rings is 2. The standard InChI is InChI=1S/C22H28N6O6/c23-27-20(31)17(26-22(33)34-13-15-4-2-1-3-5-15)10-11-19(30)25-18(21(32)28-24)12-14-6-8-16(29)9-7-14/h1-9,17-18,29H,10-13,23-24H2,(H,25,30)(H,26,33)(H,27,31)(H,28,32). The summed E-state index contributed by atoms with van der Waals surface area (Å²) in [5, 5.41) is 14.3. The monoisotopic (exact) mass is 472 g/mol. The highest BCUT2D eigenvalue weighted by Crippen LogP contribution is 2.12. The van der Waals surface area contributed by atoms with Crippen molar-refractivity contribution < 1.29 is 29.0 Å². The van der Waals surface area contributed by atoms with Gasteiger partial charge in [0.15, 0.2) is 0 Å². The number of phenolic OH excluding ortho intramolecular Hbond substituents is 1. The van der Waals surface area contributed by atoms with Crippen molar-refractivity contribution in [3.63, 3.8) is 0 Å². The fourth-order valence-electron chi connectivity index (χ4n) is 3.00. The number of hydrogen-bond acceptors (Lipinski definition) is 8. The second kappa shape index (κ2) is 13.4. The van der Waals surface area contributed by atoms with Crippen LogP contribution in [0.5, 0.6) is 5.75 Å². The summed E-state index contributed by atoms with van der Waals surface area (Å²) < 4.78 is 5.09. The first-order valence-electron chi connectivity index (χ1n) is 10.4. The first kappa shape index (κ1) is 26.1. The van der Waals surface area contributed by atoms with E-state index in [0.717, 1.165) is 5.56 Å². The SMILES string of the molecule is NNC(=O)C(Cc1ccc(O)cc1)NC(=O)CCC(NC(=O)OCc1ccccc1)C(=O)NN. The molecular formula is C22H28N6O6. The lowest BCUT2D eigenvalue weighted by atomic mass is 10.0. The third-order valence-electron chi connectivity index (χ3n) is 4.79. The summed E-state index contributed by atoms with van der Waals surface area (Å²) in [6.07, 6.45) is -1.05. The molecule has 0 saturated heterocycles. The lowest BCUT2D eigenvalue weighted by molar-refractivity contribution is -0.129. The van der Waals surface area contributed by atoms with Crippen molar-refractivity contribution in [3.8, 4) is 5.75 Å². The Hall–Kier alpha value is -4.16. The summed E-state index contributed by atoms with van der Waals surface area (Å²) in [6, 6.07) is 12.9. The number of phenols is 1. The zero-order valence-electron chi connectivity index (χ0n) is 18.3. The normalized spacial score (nSPS) is 12.1. The van der Waals surface area contributed by atoms with Crippen LogP contribution in [-0.2, 0) is 32.1 Å². The number of amides is 4. The van der Waals surface area contributed by atoms with E-state index in [1.807, 2.05) is 16.9 Å². The summed E-state index contributed by atoms with van der Waals surface area (Å²) in [5.41, 5.74) is 5.36. The van der Waals surface area contributed by atoms with Crippen LogP contribution in [0.2, 0.25) is 0 Å². The van der Waals surface area contributed by atoms with E-state index < -0.39 is 35.9 Å². The van der Waals surface area contributed by atoms with Gasteiger partial charge in [-0.2, -0.15) is 0 Å². The van der Waals surface area contributed by atoms with Gasteiger partial charge < -0.3 is 20.5 Å². The Labute approximate surface area is 196 Å². The van der Waals surface area contributed by atoms with Gasteiger partial charge in [0.05, 0.1) is 0 Å². The maximum Gasteiger partial charge on any atom is 0.408 e. The molecular weight excluding hydrogens is 444 g/mol. The fraction of sp³-hybridized carbons (Fsp3) is 0.273. The van der Waals surface area contributed by atoms with Crippen molar-refractivity contribution in [1.82, 2.24) is 21.5 Å². The van der Waals surface area contributed by atoms with Gasteiger partial charge in [0, 0.05) is 12.8 Å². The molecule has 182 valence electrons. The third-order valence-corrected chi connectivity index (χ3v) is 4.79. The Bertz CT molecular complexity index is 970. The van der Waals surface area contributed by atoms with E-state index in [4.69, 9.17) is 16.4 Å². The van der Waals surface area contributed by atoms with Crippen molar-refractivity contribution in [3.05, 3.63) is 65.7 Å². The van der Waals surface area contributed by atoms with E-state index in [1.54, 1.807) is 36.4 Å². The van der Waals surface area contributed by atoms with Gasteiger partial charge >= 0.3 is 6.09 Å². The van der Waals surface area contributed by atoms with Crippen molar-refractivity contribution in [2.45, 2.75) is 38.0 Å². The van der Waals surface area contributed by atoms with Crippen LogP contribution in [0, 0.1) is 0 Å².